The third-order valence-corrected chi connectivity index (χ3v) is 3.95. The summed E-state index contributed by atoms with van der Waals surface area (Å²) in [5.74, 6) is 0. The molecule has 0 spiro atoms. The van der Waals surface area contributed by atoms with Crippen LogP contribution in [0.5, 0.6) is 0 Å². The van der Waals surface area contributed by atoms with Crippen LogP contribution in [0.1, 0.15) is 32.9 Å². The quantitative estimate of drug-likeness (QED) is 0.678. The summed E-state index contributed by atoms with van der Waals surface area (Å²) in [5.41, 5.74) is 5.86. The highest BCUT2D eigenvalue weighted by Gasteiger charge is 2.13. The van der Waals surface area contributed by atoms with Gasteiger partial charge in [-0.3, -0.25) is 4.79 Å². The second-order valence-corrected chi connectivity index (χ2v) is 5.77. The van der Waals surface area contributed by atoms with Gasteiger partial charge in [-0.15, -0.1) is 5.10 Å². The summed E-state index contributed by atoms with van der Waals surface area (Å²) in [7, 11) is 0. The highest BCUT2D eigenvalue weighted by atomic mass is 16.1. The molecule has 0 aliphatic heterocycles. The second-order valence-electron chi connectivity index (χ2n) is 5.77. The van der Waals surface area contributed by atoms with Crippen molar-refractivity contribution >= 4 is 6.29 Å². The van der Waals surface area contributed by atoms with E-state index in [-0.39, 0.29) is 0 Å². The Balaban J connectivity index is 1.88. The average molecular weight is 305 g/mol. The summed E-state index contributed by atoms with van der Waals surface area (Å²) < 4.78 is 1.76. The van der Waals surface area contributed by atoms with E-state index in [0.29, 0.717) is 5.69 Å². The first kappa shape index (κ1) is 15.2. The van der Waals surface area contributed by atoms with Crippen LogP contribution in [0.2, 0.25) is 0 Å². The minimum atomic E-state index is 0.415. The lowest BCUT2D eigenvalue weighted by molar-refractivity contribution is 0.111. The molecule has 0 saturated carbocycles. The van der Waals surface area contributed by atoms with E-state index in [0.717, 1.165) is 30.5 Å². The number of carbonyl (C=O) groups excluding carboxylic acids is 1. The van der Waals surface area contributed by atoms with Gasteiger partial charge in [-0.05, 0) is 44.4 Å². The summed E-state index contributed by atoms with van der Waals surface area (Å²) in [4.78, 5) is 11.3. The molecule has 0 aliphatic rings. The monoisotopic (exact) mass is 305 g/mol. The molecule has 1 aromatic heterocycles. The van der Waals surface area contributed by atoms with Crippen LogP contribution < -0.4 is 0 Å². The smallest absolute Gasteiger partial charge is 0.172 e. The summed E-state index contributed by atoms with van der Waals surface area (Å²) in [6.45, 7) is 4.12. The Morgan fingerprint density at radius 1 is 0.913 bits per heavy atom. The summed E-state index contributed by atoms with van der Waals surface area (Å²) in [6, 6.07) is 16.5. The first-order valence-corrected chi connectivity index (χ1v) is 7.70. The highest BCUT2D eigenvalue weighted by Crippen LogP contribution is 2.16. The Kier molecular flexibility index (Phi) is 4.33. The van der Waals surface area contributed by atoms with E-state index in [9.17, 15) is 4.79 Å². The van der Waals surface area contributed by atoms with E-state index < -0.39 is 0 Å². The molecule has 2 aromatic carbocycles. The molecule has 0 saturated heterocycles. The number of hydrogen-bond acceptors (Lipinski definition) is 3. The van der Waals surface area contributed by atoms with Crippen LogP contribution in [-0.2, 0) is 12.8 Å². The number of hydrogen-bond donors (Lipinski definition) is 0. The number of nitrogens with zero attached hydrogens (tertiary/aromatic N) is 3. The van der Waals surface area contributed by atoms with Crippen molar-refractivity contribution in [1.29, 1.82) is 0 Å². The molecule has 0 radical (unpaired) electrons. The maximum absolute atomic E-state index is 11.3. The summed E-state index contributed by atoms with van der Waals surface area (Å²) >= 11 is 0. The van der Waals surface area contributed by atoms with Gasteiger partial charge in [0.25, 0.3) is 0 Å². The molecule has 0 fully saturated rings. The SMILES string of the molecule is Cc1ccc(CCc2c(C=O)nnn2-c2ccc(C)cc2)cc1. The molecule has 0 bridgehead atoms. The van der Waals surface area contributed by atoms with Crippen LogP contribution in [0.4, 0.5) is 0 Å². The first-order chi connectivity index (χ1) is 11.2. The topological polar surface area (TPSA) is 47.8 Å². The van der Waals surface area contributed by atoms with Crippen molar-refractivity contribution in [3.63, 3.8) is 0 Å². The molecule has 0 N–H and O–H groups in total. The molecule has 0 amide bonds. The normalized spacial score (nSPS) is 10.7. The van der Waals surface area contributed by atoms with Crippen molar-refractivity contribution in [3.8, 4) is 5.69 Å². The van der Waals surface area contributed by atoms with Gasteiger partial charge in [-0.1, -0.05) is 52.7 Å². The van der Waals surface area contributed by atoms with Crippen molar-refractivity contribution < 1.29 is 4.79 Å². The van der Waals surface area contributed by atoms with Crippen molar-refractivity contribution in [2.24, 2.45) is 0 Å². The van der Waals surface area contributed by atoms with E-state index in [1.54, 1.807) is 4.68 Å². The fourth-order valence-electron chi connectivity index (χ4n) is 2.55. The fourth-order valence-corrected chi connectivity index (χ4v) is 2.55. The van der Waals surface area contributed by atoms with Gasteiger partial charge in [-0.25, -0.2) is 4.68 Å². The van der Waals surface area contributed by atoms with E-state index in [1.165, 1.54) is 16.7 Å². The molecule has 1 heterocycles. The Morgan fingerprint density at radius 3 is 2.13 bits per heavy atom. The van der Waals surface area contributed by atoms with Crippen LogP contribution >= 0.6 is 0 Å². The minimum absolute atomic E-state index is 0.415. The Bertz CT molecular complexity index is 802. The van der Waals surface area contributed by atoms with Crippen molar-refractivity contribution in [2.75, 3.05) is 0 Å². The van der Waals surface area contributed by atoms with Crippen molar-refractivity contribution in [3.05, 3.63) is 76.6 Å². The number of aromatic nitrogens is 3. The Morgan fingerprint density at radius 2 is 1.52 bits per heavy atom. The van der Waals surface area contributed by atoms with Gasteiger partial charge in [-0.2, -0.15) is 0 Å². The van der Waals surface area contributed by atoms with E-state index in [2.05, 4.69) is 41.5 Å². The molecule has 3 aromatic rings. The third-order valence-electron chi connectivity index (χ3n) is 3.95. The maximum atomic E-state index is 11.3. The predicted molar refractivity (Wildman–Crippen MR) is 90.1 cm³/mol. The Labute approximate surface area is 135 Å². The fraction of sp³-hybridized carbons (Fsp3) is 0.211. The van der Waals surface area contributed by atoms with Gasteiger partial charge in [0, 0.05) is 0 Å². The molecule has 4 nitrogen and oxygen atoms in total. The lowest BCUT2D eigenvalue weighted by Gasteiger charge is -2.08. The van der Waals surface area contributed by atoms with E-state index >= 15 is 0 Å². The average Bonchev–Trinajstić information content (AvgIpc) is 2.98. The summed E-state index contributed by atoms with van der Waals surface area (Å²) in [5, 5.41) is 8.15. The van der Waals surface area contributed by atoms with Crippen LogP contribution in [0.15, 0.2) is 48.5 Å². The molecular weight excluding hydrogens is 286 g/mol. The second kappa shape index (κ2) is 6.57. The number of rotatable bonds is 5. The predicted octanol–water partition coefficient (Wildman–Crippen LogP) is 3.48. The molecular formula is C19H19N3O. The zero-order valence-corrected chi connectivity index (χ0v) is 13.4. The van der Waals surface area contributed by atoms with E-state index in [1.807, 2.05) is 31.2 Å². The molecule has 0 unspecified atom stereocenters. The zero-order chi connectivity index (χ0) is 16.2. The molecule has 23 heavy (non-hydrogen) atoms. The van der Waals surface area contributed by atoms with Crippen LogP contribution in [-0.4, -0.2) is 21.3 Å². The first-order valence-electron chi connectivity index (χ1n) is 7.70. The molecule has 0 atom stereocenters. The largest absolute Gasteiger partial charge is 0.296 e. The van der Waals surface area contributed by atoms with Crippen LogP contribution in [0, 0.1) is 13.8 Å². The summed E-state index contributed by atoms with van der Waals surface area (Å²) in [6.07, 6.45) is 2.35. The van der Waals surface area contributed by atoms with Gasteiger partial charge < -0.3 is 0 Å². The van der Waals surface area contributed by atoms with Crippen LogP contribution in [0.25, 0.3) is 5.69 Å². The number of aldehydes is 1. The minimum Gasteiger partial charge on any atom is -0.296 e. The van der Waals surface area contributed by atoms with Gasteiger partial charge in [0.15, 0.2) is 6.29 Å². The molecule has 3 rings (SSSR count). The van der Waals surface area contributed by atoms with Crippen LogP contribution in [0.3, 0.4) is 0 Å². The number of carbonyl (C=O) groups is 1. The third kappa shape index (κ3) is 3.37. The van der Waals surface area contributed by atoms with Gasteiger partial charge in [0.1, 0.15) is 5.69 Å². The standard InChI is InChI=1S/C19H19N3O/c1-14-3-7-16(8-4-14)9-12-19-18(13-23)20-21-22(19)17-10-5-15(2)6-11-17/h3-8,10-11,13H,9,12H2,1-2H3. The van der Waals surface area contributed by atoms with Crippen molar-refractivity contribution in [2.45, 2.75) is 26.7 Å². The highest BCUT2D eigenvalue weighted by molar-refractivity contribution is 5.73. The lowest BCUT2D eigenvalue weighted by atomic mass is 10.1. The van der Waals surface area contributed by atoms with Crippen molar-refractivity contribution in [1.82, 2.24) is 15.0 Å². The van der Waals surface area contributed by atoms with Gasteiger partial charge >= 0.3 is 0 Å². The zero-order valence-electron chi connectivity index (χ0n) is 13.4. The molecule has 4 heteroatoms. The van der Waals surface area contributed by atoms with E-state index in [4.69, 9.17) is 0 Å². The molecule has 0 aliphatic carbocycles. The number of aryl methyl sites for hydroxylation is 3. The Hall–Kier alpha value is -2.75. The number of benzene rings is 2. The lowest BCUT2D eigenvalue weighted by Crippen LogP contribution is -2.05. The van der Waals surface area contributed by atoms with Gasteiger partial charge in [0.2, 0.25) is 0 Å². The molecule has 116 valence electrons. The van der Waals surface area contributed by atoms with Gasteiger partial charge in [0.05, 0.1) is 11.4 Å². The maximum Gasteiger partial charge on any atom is 0.172 e.